The van der Waals surface area contributed by atoms with Crippen molar-refractivity contribution in [1.29, 1.82) is 5.26 Å². The van der Waals surface area contributed by atoms with Gasteiger partial charge in [-0.3, -0.25) is 9.69 Å². The van der Waals surface area contributed by atoms with Crippen LogP contribution in [0, 0.1) is 11.3 Å². The zero-order chi connectivity index (χ0) is 22.5. The highest BCUT2D eigenvalue weighted by Gasteiger charge is 2.33. The summed E-state index contributed by atoms with van der Waals surface area (Å²) in [7, 11) is 0. The van der Waals surface area contributed by atoms with E-state index in [1.807, 2.05) is 60.4 Å². The van der Waals surface area contributed by atoms with Crippen LogP contribution in [-0.2, 0) is 11.2 Å². The van der Waals surface area contributed by atoms with Gasteiger partial charge in [0.1, 0.15) is 11.1 Å². The summed E-state index contributed by atoms with van der Waals surface area (Å²) in [6.07, 6.45) is 3.66. The van der Waals surface area contributed by atoms with E-state index in [2.05, 4.69) is 25.1 Å². The second-order valence-electron chi connectivity index (χ2n) is 7.60. The molecule has 2 aromatic carbocycles. The van der Waals surface area contributed by atoms with Gasteiger partial charge in [-0.15, -0.1) is 0 Å². The fraction of sp³-hybridized carbons (Fsp3) is 0.269. The van der Waals surface area contributed by atoms with E-state index in [1.54, 1.807) is 11.8 Å². The van der Waals surface area contributed by atoms with Gasteiger partial charge >= 0.3 is 0 Å². The van der Waals surface area contributed by atoms with Gasteiger partial charge < -0.3 is 0 Å². The number of benzene rings is 2. The molecule has 32 heavy (non-hydrogen) atoms. The van der Waals surface area contributed by atoms with Gasteiger partial charge in [0.15, 0.2) is 0 Å². The molecule has 6 heteroatoms. The molecular weight excluding hydrogens is 434 g/mol. The van der Waals surface area contributed by atoms with E-state index in [0.717, 1.165) is 46.1 Å². The van der Waals surface area contributed by atoms with Crippen molar-refractivity contribution in [3.05, 3.63) is 71.9 Å². The molecule has 0 radical (unpaired) electrons. The summed E-state index contributed by atoms with van der Waals surface area (Å²) in [6.45, 7) is 4.16. The number of hydrogen-bond donors (Lipinski definition) is 0. The second-order valence-corrected chi connectivity index (χ2v) is 9.87. The monoisotopic (exact) mass is 459 g/mol. The predicted octanol–water partition coefficient (Wildman–Crippen LogP) is 7.00. The predicted molar refractivity (Wildman–Crippen MR) is 132 cm³/mol. The summed E-state index contributed by atoms with van der Waals surface area (Å²) >= 11 is 3.09. The number of nitriles is 1. The van der Waals surface area contributed by atoms with Crippen LogP contribution in [0.2, 0.25) is 0 Å². The fourth-order valence-corrected chi connectivity index (χ4v) is 5.79. The molecule has 3 aromatic rings. The number of aromatic nitrogens is 1. The average Bonchev–Trinajstić information content (AvgIpc) is 2.84. The number of amides is 1. The smallest absolute Gasteiger partial charge is 0.245 e. The summed E-state index contributed by atoms with van der Waals surface area (Å²) < 4.78 is 0. The lowest BCUT2D eigenvalue weighted by atomic mass is 10.2. The van der Waals surface area contributed by atoms with Crippen LogP contribution in [0.25, 0.3) is 0 Å². The van der Waals surface area contributed by atoms with E-state index in [0.29, 0.717) is 17.0 Å². The number of aryl methyl sites for hydroxylation is 1. The molecule has 0 aliphatic carbocycles. The fourth-order valence-electron chi connectivity index (χ4n) is 3.68. The van der Waals surface area contributed by atoms with Crippen molar-refractivity contribution in [3.8, 4) is 6.07 Å². The molecule has 1 aromatic heterocycles. The summed E-state index contributed by atoms with van der Waals surface area (Å²) in [5.74, 6) is 0.0161. The maximum absolute atomic E-state index is 13.9. The Balaban J connectivity index is 1.68. The van der Waals surface area contributed by atoms with Gasteiger partial charge in [0, 0.05) is 15.5 Å². The second kappa shape index (κ2) is 10.2. The highest BCUT2D eigenvalue weighted by Crippen LogP contribution is 2.48. The van der Waals surface area contributed by atoms with Crippen molar-refractivity contribution in [3.63, 3.8) is 0 Å². The molecule has 1 amide bonds. The minimum Gasteiger partial charge on any atom is -0.278 e. The summed E-state index contributed by atoms with van der Waals surface area (Å²) in [6, 6.07) is 22.0. The van der Waals surface area contributed by atoms with Crippen molar-refractivity contribution < 1.29 is 4.79 Å². The van der Waals surface area contributed by atoms with Crippen molar-refractivity contribution in [2.45, 2.75) is 59.6 Å². The van der Waals surface area contributed by atoms with E-state index >= 15 is 0 Å². The van der Waals surface area contributed by atoms with E-state index in [-0.39, 0.29) is 11.2 Å². The first-order valence-corrected chi connectivity index (χ1v) is 12.6. The SMILES string of the molecule is CCCCc1ccc(C#N)c(SC(CC)C(=O)N2c3ccccc3Sc3ccccc32)n1. The number of fused-ring (bicyclic) bond motifs is 2. The van der Waals surface area contributed by atoms with Crippen LogP contribution in [0.5, 0.6) is 0 Å². The molecular formula is C26H25N3OS2. The van der Waals surface area contributed by atoms with Crippen LogP contribution in [0.15, 0.2) is 75.5 Å². The molecule has 0 saturated carbocycles. The number of para-hydroxylation sites is 2. The molecule has 0 saturated heterocycles. The minimum absolute atomic E-state index is 0.0161. The molecule has 1 atom stereocenters. The van der Waals surface area contributed by atoms with Crippen LogP contribution >= 0.6 is 23.5 Å². The van der Waals surface area contributed by atoms with Gasteiger partial charge in [0.2, 0.25) is 5.91 Å². The zero-order valence-electron chi connectivity index (χ0n) is 18.2. The summed E-state index contributed by atoms with van der Waals surface area (Å²) in [5, 5.41) is 9.92. The summed E-state index contributed by atoms with van der Waals surface area (Å²) in [4.78, 5) is 22.6. The van der Waals surface area contributed by atoms with Crippen molar-refractivity contribution in [1.82, 2.24) is 4.98 Å². The highest BCUT2D eigenvalue weighted by molar-refractivity contribution is 8.00. The highest BCUT2D eigenvalue weighted by atomic mass is 32.2. The van der Waals surface area contributed by atoms with E-state index in [1.165, 1.54) is 11.8 Å². The third kappa shape index (κ3) is 4.55. The molecule has 162 valence electrons. The molecule has 0 fully saturated rings. The number of rotatable bonds is 7. The third-order valence-electron chi connectivity index (χ3n) is 5.38. The Kier molecular flexibility index (Phi) is 7.19. The normalized spacial score (nSPS) is 13.1. The number of carbonyl (C=O) groups excluding carboxylic acids is 1. The first kappa shape index (κ1) is 22.4. The van der Waals surface area contributed by atoms with Crippen molar-refractivity contribution in [2.75, 3.05) is 4.90 Å². The number of pyridine rings is 1. The number of anilines is 2. The van der Waals surface area contributed by atoms with Crippen molar-refractivity contribution >= 4 is 40.8 Å². The Bertz CT molecular complexity index is 1130. The first-order chi connectivity index (χ1) is 15.7. The molecule has 4 rings (SSSR count). The molecule has 1 unspecified atom stereocenters. The standard InChI is InChI=1S/C26H25N3OS2/c1-3-5-10-19-16-15-18(17-27)25(28-19)32-22(4-2)26(30)29-20-11-6-8-13-23(20)31-24-14-9-7-12-21(24)29/h6-9,11-16,22H,3-5,10H2,1-2H3. The summed E-state index contributed by atoms with van der Waals surface area (Å²) in [5.41, 5.74) is 3.31. The number of hydrogen-bond acceptors (Lipinski definition) is 5. The topological polar surface area (TPSA) is 57.0 Å². The maximum atomic E-state index is 13.9. The molecule has 1 aliphatic rings. The molecule has 4 nitrogen and oxygen atoms in total. The van der Waals surface area contributed by atoms with Gasteiger partial charge in [-0.25, -0.2) is 4.98 Å². The minimum atomic E-state index is -0.347. The molecule has 2 heterocycles. The largest absolute Gasteiger partial charge is 0.278 e. The van der Waals surface area contributed by atoms with Crippen LogP contribution in [0.3, 0.4) is 0 Å². The van der Waals surface area contributed by atoms with E-state index in [4.69, 9.17) is 4.98 Å². The quantitative estimate of drug-likeness (QED) is 0.356. The molecule has 0 N–H and O–H groups in total. The Morgan fingerprint density at radius 1 is 1.06 bits per heavy atom. The van der Waals surface area contributed by atoms with Crippen LogP contribution in [0.4, 0.5) is 11.4 Å². The van der Waals surface area contributed by atoms with Gasteiger partial charge in [0.05, 0.1) is 22.2 Å². The van der Waals surface area contributed by atoms with Crippen LogP contribution < -0.4 is 4.90 Å². The number of carbonyl (C=O) groups is 1. The maximum Gasteiger partial charge on any atom is 0.245 e. The average molecular weight is 460 g/mol. The van der Waals surface area contributed by atoms with Gasteiger partial charge in [-0.05, 0) is 55.7 Å². The molecule has 0 spiro atoms. The number of nitrogens with zero attached hydrogens (tertiary/aromatic N) is 3. The number of thioether (sulfide) groups is 1. The van der Waals surface area contributed by atoms with Gasteiger partial charge in [-0.1, -0.05) is 68.1 Å². The number of unbranched alkanes of at least 4 members (excludes halogenated alkanes) is 1. The Morgan fingerprint density at radius 3 is 2.31 bits per heavy atom. The van der Waals surface area contributed by atoms with Gasteiger partial charge in [0.25, 0.3) is 0 Å². The Hall–Kier alpha value is -2.75. The molecule has 1 aliphatic heterocycles. The zero-order valence-corrected chi connectivity index (χ0v) is 19.9. The Morgan fingerprint density at radius 2 is 1.72 bits per heavy atom. The Labute approximate surface area is 198 Å². The molecule has 0 bridgehead atoms. The van der Waals surface area contributed by atoms with Crippen LogP contribution in [-0.4, -0.2) is 16.1 Å². The van der Waals surface area contributed by atoms with Gasteiger partial charge in [-0.2, -0.15) is 5.26 Å². The third-order valence-corrected chi connectivity index (χ3v) is 7.86. The van der Waals surface area contributed by atoms with Crippen LogP contribution in [0.1, 0.15) is 44.4 Å². The van der Waals surface area contributed by atoms with E-state index in [9.17, 15) is 10.1 Å². The lowest BCUT2D eigenvalue weighted by Crippen LogP contribution is -2.35. The first-order valence-electron chi connectivity index (χ1n) is 10.9. The lowest BCUT2D eigenvalue weighted by molar-refractivity contribution is -0.117. The lowest BCUT2D eigenvalue weighted by Gasteiger charge is -2.33. The van der Waals surface area contributed by atoms with Crippen molar-refractivity contribution in [2.24, 2.45) is 0 Å². The van der Waals surface area contributed by atoms with E-state index < -0.39 is 0 Å².